The number of fused-ring (bicyclic) bond motifs is 9. The fraction of sp³-hybridized carbons (Fsp3) is 0.0357. The minimum absolute atomic E-state index is 0.885. The molecule has 278 valence electrons. The average molecular weight is 755 g/mol. The molecule has 0 saturated carbocycles. The van der Waals surface area contributed by atoms with Crippen LogP contribution in [0.15, 0.2) is 211 Å². The van der Waals surface area contributed by atoms with Gasteiger partial charge in [0.05, 0.1) is 22.1 Å². The first kappa shape index (κ1) is 33.5. The molecule has 9 aromatic carbocycles. The van der Waals surface area contributed by atoms with Crippen molar-refractivity contribution < 1.29 is 4.42 Å². The lowest BCUT2D eigenvalue weighted by atomic mass is 9.99. The van der Waals surface area contributed by atoms with Crippen LogP contribution in [0.3, 0.4) is 0 Å². The molecular weight excluding hydrogens is 717 g/mol. The molecule has 0 aliphatic carbocycles. The molecule has 0 spiro atoms. The molecular formula is C56H38N2O. The van der Waals surface area contributed by atoms with E-state index in [4.69, 9.17) is 4.42 Å². The highest BCUT2D eigenvalue weighted by atomic mass is 16.3. The van der Waals surface area contributed by atoms with Crippen LogP contribution in [0.1, 0.15) is 22.3 Å². The lowest BCUT2D eigenvalue weighted by Crippen LogP contribution is -1.94. The van der Waals surface area contributed by atoms with E-state index in [1.807, 2.05) is 12.1 Å². The number of benzene rings is 9. The molecule has 0 fully saturated rings. The quantitative estimate of drug-likeness (QED) is 0.159. The van der Waals surface area contributed by atoms with Crippen molar-refractivity contribution >= 4 is 65.6 Å². The molecule has 3 nitrogen and oxygen atoms in total. The third-order valence-electron chi connectivity index (χ3n) is 12.1. The number of furan rings is 1. The third kappa shape index (κ3) is 5.66. The summed E-state index contributed by atoms with van der Waals surface area (Å²) >= 11 is 0. The fourth-order valence-corrected chi connectivity index (χ4v) is 9.37. The van der Waals surface area contributed by atoms with E-state index in [1.54, 1.807) is 0 Å². The Morgan fingerprint density at radius 1 is 0.288 bits per heavy atom. The normalized spacial score (nSPS) is 11.9. The van der Waals surface area contributed by atoms with Crippen molar-refractivity contribution in [1.82, 2.24) is 9.13 Å². The predicted octanol–water partition coefficient (Wildman–Crippen LogP) is 14.6. The Morgan fingerprint density at radius 3 is 1.49 bits per heavy atom. The van der Waals surface area contributed by atoms with Crippen LogP contribution in [0.2, 0.25) is 0 Å². The van der Waals surface area contributed by atoms with Gasteiger partial charge in [-0.05, 0) is 119 Å². The first-order valence-electron chi connectivity index (χ1n) is 20.4. The SMILES string of the molecule is c1ccc(Cc2ccc3c(c2)c2cc(-c4ccc5c6cc(Cc7ccccc7)ccc6n(-c6ccc7c(c6)oc6ccccc67)c5c4)ccc2n3-c2ccccc2)cc1. The zero-order valence-corrected chi connectivity index (χ0v) is 32.3. The minimum Gasteiger partial charge on any atom is -0.456 e. The summed E-state index contributed by atoms with van der Waals surface area (Å²) in [6, 6.07) is 75.1. The highest BCUT2D eigenvalue weighted by Crippen LogP contribution is 2.40. The first-order valence-corrected chi connectivity index (χ1v) is 20.4. The molecule has 0 N–H and O–H groups in total. The van der Waals surface area contributed by atoms with Gasteiger partial charge < -0.3 is 13.6 Å². The van der Waals surface area contributed by atoms with E-state index in [-0.39, 0.29) is 0 Å². The van der Waals surface area contributed by atoms with E-state index >= 15 is 0 Å². The lowest BCUT2D eigenvalue weighted by molar-refractivity contribution is 0.668. The average Bonchev–Trinajstić information content (AvgIpc) is 3.93. The summed E-state index contributed by atoms with van der Waals surface area (Å²) in [7, 11) is 0. The van der Waals surface area contributed by atoms with Gasteiger partial charge in [0.1, 0.15) is 11.2 Å². The molecule has 0 bridgehead atoms. The van der Waals surface area contributed by atoms with Gasteiger partial charge in [-0.3, -0.25) is 0 Å². The second kappa shape index (κ2) is 13.5. The van der Waals surface area contributed by atoms with E-state index in [0.717, 1.165) is 46.2 Å². The maximum Gasteiger partial charge on any atom is 0.137 e. The topological polar surface area (TPSA) is 23.0 Å². The van der Waals surface area contributed by atoms with Crippen LogP contribution in [0, 0.1) is 0 Å². The van der Waals surface area contributed by atoms with E-state index in [2.05, 4.69) is 203 Å². The number of hydrogen-bond donors (Lipinski definition) is 0. The Balaban J connectivity index is 1.05. The molecule has 0 aliphatic rings. The van der Waals surface area contributed by atoms with Gasteiger partial charge in [0.15, 0.2) is 0 Å². The molecule has 3 heteroatoms. The Labute approximate surface area is 341 Å². The minimum atomic E-state index is 0.885. The summed E-state index contributed by atoms with van der Waals surface area (Å²) in [4.78, 5) is 0. The maximum atomic E-state index is 6.43. The van der Waals surface area contributed by atoms with Crippen LogP contribution in [-0.4, -0.2) is 9.13 Å². The van der Waals surface area contributed by atoms with Crippen molar-refractivity contribution in [3.05, 3.63) is 229 Å². The largest absolute Gasteiger partial charge is 0.456 e. The van der Waals surface area contributed by atoms with E-state index in [1.165, 1.54) is 77.0 Å². The molecule has 0 radical (unpaired) electrons. The molecule has 0 aliphatic heterocycles. The molecule has 3 aromatic heterocycles. The number of hydrogen-bond acceptors (Lipinski definition) is 1. The summed E-state index contributed by atoms with van der Waals surface area (Å²) in [5, 5.41) is 7.26. The zero-order chi connectivity index (χ0) is 38.9. The molecule has 0 amide bonds. The van der Waals surface area contributed by atoms with Gasteiger partial charge in [0.2, 0.25) is 0 Å². The highest BCUT2D eigenvalue weighted by Gasteiger charge is 2.18. The summed E-state index contributed by atoms with van der Waals surface area (Å²) < 4.78 is 11.3. The number of aromatic nitrogens is 2. The summed E-state index contributed by atoms with van der Waals surface area (Å²) in [6.07, 6.45) is 1.78. The molecule has 3 heterocycles. The summed E-state index contributed by atoms with van der Waals surface area (Å²) in [5.41, 5.74) is 16.4. The molecule has 12 aromatic rings. The van der Waals surface area contributed by atoms with Gasteiger partial charge in [-0.2, -0.15) is 0 Å². The maximum absolute atomic E-state index is 6.43. The van der Waals surface area contributed by atoms with Crippen LogP contribution in [0.25, 0.3) is 88.1 Å². The summed E-state index contributed by atoms with van der Waals surface area (Å²) in [6.45, 7) is 0. The van der Waals surface area contributed by atoms with Crippen LogP contribution < -0.4 is 0 Å². The van der Waals surface area contributed by atoms with Crippen molar-refractivity contribution in [2.45, 2.75) is 12.8 Å². The fourth-order valence-electron chi connectivity index (χ4n) is 9.37. The van der Waals surface area contributed by atoms with Crippen molar-refractivity contribution in [3.8, 4) is 22.5 Å². The van der Waals surface area contributed by atoms with Gasteiger partial charge in [-0.15, -0.1) is 0 Å². The lowest BCUT2D eigenvalue weighted by Gasteiger charge is -2.10. The van der Waals surface area contributed by atoms with E-state index in [0.29, 0.717) is 0 Å². The van der Waals surface area contributed by atoms with Gasteiger partial charge in [0.25, 0.3) is 0 Å². The summed E-state index contributed by atoms with van der Waals surface area (Å²) in [5.74, 6) is 0. The molecule has 59 heavy (non-hydrogen) atoms. The Kier molecular flexibility index (Phi) is 7.67. The van der Waals surface area contributed by atoms with Crippen LogP contribution in [0.5, 0.6) is 0 Å². The van der Waals surface area contributed by atoms with Crippen LogP contribution >= 0.6 is 0 Å². The monoisotopic (exact) mass is 754 g/mol. The molecule has 12 rings (SSSR count). The number of para-hydroxylation sites is 2. The standard InChI is InChI=1S/C56H38N2O/c1-4-12-37(13-5-1)30-39-20-27-51-48(32-39)45-25-22-42(35-54(45)58(51)44-24-26-47-46-18-10-11-19-55(46)59-56(47)36-44)41-23-29-53-50(34-41)49-33-40(31-38-14-6-2-7-15-38)21-28-52(49)57(53)43-16-8-3-9-17-43/h1-29,32-36H,30-31H2. The van der Waals surface area contributed by atoms with Crippen molar-refractivity contribution in [2.75, 3.05) is 0 Å². The second-order valence-electron chi connectivity index (χ2n) is 15.8. The van der Waals surface area contributed by atoms with Gasteiger partial charge in [-0.25, -0.2) is 0 Å². The van der Waals surface area contributed by atoms with E-state index in [9.17, 15) is 0 Å². The predicted molar refractivity (Wildman–Crippen MR) is 246 cm³/mol. The van der Waals surface area contributed by atoms with E-state index < -0.39 is 0 Å². The Bertz CT molecular complexity index is 3540. The molecule has 0 saturated heterocycles. The number of nitrogens with zero attached hydrogens (tertiary/aromatic N) is 2. The second-order valence-corrected chi connectivity index (χ2v) is 15.8. The third-order valence-corrected chi connectivity index (χ3v) is 12.1. The van der Waals surface area contributed by atoms with Crippen molar-refractivity contribution in [1.29, 1.82) is 0 Å². The molecule has 0 atom stereocenters. The Morgan fingerprint density at radius 2 is 0.797 bits per heavy atom. The van der Waals surface area contributed by atoms with Crippen molar-refractivity contribution in [2.24, 2.45) is 0 Å². The van der Waals surface area contributed by atoms with Crippen molar-refractivity contribution in [3.63, 3.8) is 0 Å². The Hall–Kier alpha value is -7.62. The zero-order valence-electron chi connectivity index (χ0n) is 32.3. The number of rotatable bonds is 7. The van der Waals surface area contributed by atoms with Gasteiger partial charge >= 0.3 is 0 Å². The smallest absolute Gasteiger partial charge is 0.137 e. The van der Waals surface area contributed by atoms with Gasteiger partial charge in [0, 0.05) is 49.8 Å². The highest BCUT2D eigenvalue weighted by molar-refractivity contribution is 6.13. The van der Waals surface area contributed by atoms with Crippen LogP contribution in [0.4, 0.5) is 0 Å². The molecule has 0 unspecified atom stereocenters. The van der Waals surface area contributed by atoms with Crippen LogP contribution in [-0.2, 0) is 12.8 Å². The van der Waals surface area contributed by atoms with Gasteiger partial charge in [-0.1, -0.05) is 127 Å². The first-order chi connectivity index (χ1) is 29.2.